The van der Waals surface area contributed by atoms with Crippen molar-refractivity contribution in [2.24, 2.45) is 11.7 Å². The van der Waals surface area contributed by atoms with Crippen molar-refractivity contribution in [2.45, 2.75) is 19.5 Å². The first kappa shape index (κ1) is 15.8. The Balaban J connectivity index is 2.89. The highest BCUT2D eigenvalue weighted by Gasteiger charge is 2.31. The molecule has 0 aliphatic carbocycles. The molecule has 0 bridgehead atoms. The molecule has 0 heterocycles. The number of carbonyl (C=O) groups excluding carboxylic acids is 1. The second-order valence-electron chi connectivity index (χ2n) is 4.02. The highest BCUT2D eigenvalue weighted by molar-refractivity contribution is 6.33. The molecule has 0 aromatic heterocycles. The number of hydrogen-bond acceptors (Lipinski definition) is 2. The number of carbonyl (C=O) groups is 1. The van der Waals surface area contributed by atoms with E-state index in [0.29, 0.717) is 6.42 Å². The molecule has 0 aliphatic rings. The van der Waals surface area contributed by atoms with Crippen LogP contribution in [0.25, 0.3) is 0 Å². The topological polar surface area (TPSA) is 55.1 Å². The SMILES string of the molecule is CCC(CN)C(=O)Nc1ccc(C(F)(F)F)cc1Cl. The lowest BCUT2D eigenvalue weighted by atomic mass is 10.1. The Hall–Kier alpha value is -1.27. The number of hydrogen-bond donors (Lipinski definition) is 2. The van der Waals surface area contributed by atoms with E-state index in [9.17, 15) is 18.0 Å². The van der Waals surface area contributed by atoms with Gasteiger partial charge in [-0.25, -0.2) is 0 Å². The summed E-state index contributed by atoms with van der Waals surface area (Å²) in [7, 11) is 0. The smallest absolute Gasteiger partial charge is 0.330 e. The fraction of sp³-hybridized carbons (Fsp3) is 0.417. The van der Waals surface area contributed by atoms with Crippen LogP contribution in [0.1, 0.15) is 18.9 Å². The van der Waals surface area contributed by atoms with Gasteiger partial charge in [0.25, 0.3) is 0 Å². The molecule has 0 aliphatic heterocycles. The van der Waals surface area contributed by atoms with Crippen LogP contribution in [0, 0.1) is 5.92 Å². The Bertz CT molecular complexity index is 459. The third kappa shape index (κ3) is 4.11. The van der Waals surface area contributed by atoms with E-state index >= 15 is 0 Å². The van der Waals surface area contributed by atoms with Gasteiger partial charge in [0.2, 0.25) is 5.91 Å². The summed E-state index contributed by atoms with van der Waals surface area (Å²) >= 11 is 5.72. The van der Waals surface area contributed by atoms with Gasteiger partial charge in [-0.3, -0.25) is 4.79 Å². The molecule has 3 N–H and O–H groups in total. The predicted molar refractivity (Wildman–Crippen MR) is 67.9 cm³/mol. The Morgan fingerprint density at radius 1 is 1.47 bits per heavy atom. The summed E-state index contributed by atoms with van der Waals surface area (Å²) in [5, 5.41) is 2.32. The molecule has 0 spiro atoms. The summed E-state index contributed by atoms with van der Waals surface area (Å²) < 4.78 is 37.3. The van der Waals surface area contributed by atoms with Crippen molar-refractivity contribution in [3.8, 4) is 0 Å². The first-order valence-corrected chi connectivity index (χ1v) is 6.05. The quantitative estimate of drug-likeness (QED) is 0.895. The van der Waals surface area contributed by atoms with Crippen molar-refractivity contribution < 1.29 is 18.0 Å². The Kier molecular flexibility index (Phi) is 5.20. The van der Waals surface area contributed by atoms with Crippen LogP contribution in [0.2, 0.25) is 5.02 Å². The van der Waals surface area contributed by atoms with E-state index in [-0.39, 0.29) is 23.2 Å². The van der Waals surface area contributed by atoms with Crippen LogP contribution in [0.3, 0.4) is 0 Å². The van der Waals surface area contributed by atoms with Crippen LogP contribution >= 0.6 is 11.6 Å². The fourth-order valence-electron chi connectivity index (χ4n) is 1.49. The summed E-state index contributed by atoms with van der Waals surface area (Å²) in [4.78, 5) is 11.7. The van der Waals surface area contributed by atoms with E-state index in [2.05, 4.69) is 5.32 Å². The van der Waals surface area contributed by atoms with Crippen molar-refractivity contribution in [1.29, 1.82) is 0 Å². The van der Waals surface area contributed by atoms with Gasteiger partial charge in [0, 0.05) is 6.54 Å². The van der Waals surface area contributed by atoms with E-state index in [1.165, 1.54) is 0 Å². The van der Waals surface area contributed by atoms with Gasteiger partial charge in [0.05, 0.1) is 22.2 Å². The molecular weight excluding hydrogens is 281 g/mol. The number of nitrogens with two attached hydrogens (primary N) is 1. The van der Waals surface area contributed by atoms with Gasteiger partial charge < -0.3 is 11.1 Å². The highest BCUT2D eigenvalue weighted by Crippen LogP contribution is 2.33. The molecule has 0 saturated heterocycles. The molecule has 0 radical (unpaired) electrons. The third-order valence-electron chi connectivity index (χ3n) is 2.70. The molecule has 3 nitrogen and oxygen atoms in total. The summed E-state index contributed by atoms with van der Waals surface area (Å²) in [6.07, 6.45) is -3.92. The van der Waals surface area contributed by atoms with Crippen LogP contribution in [0.5, 0.6) is 0 Å². The summed E-state index contributed by atoms with van der Waals surface area (Å²) in [5.74, 6) is -0.745. The van der Waals surface area contributed by atoms with Gasteiger partial charge >= 0.3 is 6.18 Å². The monoisotopic (exact) mass is 294 g/mol. The molecule has 1 rings (SSSR count). The average Bonchev–Trinajstić information content (AvgIpc) is 2.32. The number of amides is 1. The van der Waals surface area contributed by atoms with Crippen LogP contribution < -0.4 is 11.1 Å². The summed E-state index contributed by atoms with van der Waals surface area (Å²) in [6, 6.07) is 2.78. The van der Waals surface area contributed by atoms with Gasteiger partial charge in [-0.1, -0.05) is 18.5 Å². The Morgan fingerprint density at radius 2 is 2.11 bits per heavy atom. The van der Waals surface area contributed by atoms with Crippen LogP contribution in [0.15, 0.2) is 18.2 Å². The molecule has 1 unspecified atom stereocenters. The summed E-state index contributed by atoms with van der Waals surface area (Å²) in [6.45, 7) is 1.96. The van der Waals surface area contributed by atoms with E-state index in [1.54, 1.807) is 6.92 Å². The van der Waals surface area contributed by atoms with Crippen LogP contribution in [-0.4, -0.2) is 12.5 Å². The van der Waals surface area contributed by atoms with Crippen molar-refractivity contribution in [3.63, 3.8) is 0 Å². The lowest BCUT2D eigenvalue weighted by Crippen LogP contribution is -2.28. The number of halogens is 4. The Morgan fingerprint density at radius 3 is 2.53 bits per heavy atom. The molecule has 106 valence electrons. The Labute approximate surface area is 113 Å². The van der Waals surface area contributed by atoms with E-state index in [1.807, 2.05) is 0 Å². The number of benzene rings is 1. The van der Waals surface area contributed by atoms with Gasteiger partial charge in [0.15, 0.2) is 0 Å². The molecule has 1 amide bonds. The van der Waals surface area contributed by atoms with Gasteiger partial charge in [-0.2, -0.15) is 13.2 Å². The molecule has 0 saturated carbocycles. The van der Waals surface area contributed by atoms with Gasteiger partial charge in [-0.05, 0) is 24.6 Å². The van der Waals surface area contributed by atoms with E-state index in [0.717, 1.165) is 18.2 Å². The molecule has 1 atom stereocenters. The molecule has 7 heteroatoms. The number of rotatable bonds is 4. The molecule has 19 heavy (non-hydrogen) atoms. The van der Waals surface area contributed by atoms with Crippen LogP contribution in [0.4, 0.5) is 18.9 Å². The summed E-state index contributed by atoms with van der Waals surface area (Å²) in [5.41, 5.74) is 4.70. The van der Waals surface area contributed by atoms with Gasteiger partial charge in [0.1, 0.15) is 0 Å². The van der Waals surface area contributed by atoms with Crippen molar-refractivity contribution in [2.75, 3.05) is 11.9 Å². The minimum atomic E-state index is -4.46. The van der Waals surface area contributed by atoms with Crippen LogP contribution in [-0.2, 0) is 11.0 Å². The zero-order valence-electron chi connectivity index (χ0n) is 10.2. The number of alkyl halides is 3. The average molecular weight is 295 g/mol. The zero-order chi connectivity index (χ0) is 14.6. The maximum Gasteiger partial charge on any atom is 0.416 e. The zero-order valence-corrected chi connectivity index (χ0v) is 11.0. The number of nitrogens with one attached hydrogen (secondary N) is 1. The second-order valence-corrected chi connectivity index (χ2v) is 4.43. The van der Waals surface area contributed by atoms with E-state index in [4.69, 9.17) is 17.3 Å². The fourth-order valence-corrected chi connectivity index (χ4v) is 1.71. The molecule has 0 fully saturated rings. The van der Waals surface area contributed by atoms with Crippen molar-refractivity contribution >= 4 is 23.2 Å². The first-order valence-electron chi connectivity index (χ1n) is 5.67. The molecule has 1 aromatic carbocycles. The van der Waals surface area contributed by atoms with Gasteiger partial charge in [-0.15, -0.1) is 0 Å². The first-order chi connectivity index (χ1) is 8.79. The minimum absolute atomic E-state index is 0.145. The molecule has 1 aromatic rings. The maximum absolute atomic E-state index is 12.4. The largest absolute Gasteiger partial charge is 0.416 e. The van der Waals surface area contributed by atoms with E-state index < -0.39 is 17.7 Å². The van der Waals surface area contributed by atoms with Crippen molar-refractivity contribution in [1.82, 2.24) is 0 Å². The lowest BCUT2D eigenvalue weighted by molar-refractivity contribution is -0.137. The number of anilines is 1. The predicted octanol–water partition coefficient (Wildman–Crippen LogP) is 3.28. The highest BCUT2D eigenvalue weighted by atomic mass is 35.5. The molecular formula is C12H14ClF3N2O. The maximum atomic E-state index is 12.4. The normalized spacial score (nSPS) is 13.2. The second kappa shape index (κ2) is 6.25. The lowest BCUT2D eigenvalue weighted by Gasteiger charge is -2.14. The minimum Gasteiger partial charge on any atom is -0.330 e. The third-order valence-corrected chi connectivity index (χ3v) is 3.02. The van der Waals surface area contributed by atoms with Crippen molar-refractivity contribution in [3.05, 3.63) is 28.8 Å². The standard InChI is InChI=1S/C12H14ClF3N2O/c1-2-7(6-17)11(19)18-10-4-3-8(5-9(10)13)12(14,15)16/h3-5,7H,2,6,17H2,1H3,(H,18,19).